The van der Waals surface area contributed by atoms with E-state index in [1.807, 2.05) is 30.8 Å². The summed E-state index contributed by atoms with van der Waals surface area (Å²) in [5, 5.41) is 3.57. The Kier molecular flexibility index (Phi) is 10.3. The lowest BCUT2D eigenvalue weighted by molar-refractivity contribution is -0.119. The highest BCUT2D eigenvalue weighted by atomic mass is 35.5. The summed E-state index contributed by atoms with van der Waals surface area (Å²) in [6.07, 6.45) is 0. The zero-order chi connectivity index (χ0) is 14.5. The van der Waals surface area contributed by atoms with E-state index in [1.165, 1.54) is 0 Å². The lowest BCUT2D eigenvalue weighted by Gasteiger charge is -2.30. The van der Waals surface area contributed by atoms with Crippen molar-refractivity contribution in [3.63, 3.8) is 0 Å². The molecule has 0 aromatic heterocycles. The molecule has 0 saturated carbocycles. The average molecular weight is 387 g/mol. The molecule has 8 heteroatoms. The van der Waals surface area contributed by atoms with Gasteiger partial charge in [0.15, 0.2) is 0 Å². The van der Waals surface area contributed by atoms with E-state index >= 15 is 0 Å². The summed E-state index contributed by atoms with van der Waals surface area (Å²) in [5.41, 5.74) is 7.34. The first-order valence-corrected chi connectivity index (χ1v) is 8.28. The van der Waals surface area contributed by atoms with Crippen molar-refractivity contribution in [1.29, 1.82) is 0 Å². The fourth-order valence-corrected chi connectivity index (χ4v) is 3.13. The molecule has 1 atom stereocenters. The number of anilines is 2. The molecule has 1 saturated heterocycles. The van der Waals surface area contributed by atoms with Gasteiger partial charge in [0.2, 0.25) is 5.91 Å². The summed E-state index contributed by atoms with van der Waals surface area (Å²) >= 11 is 8.01. The second-order valence-corrected chi connectivity index (χ2v) is 6.55. The van der Waals surface area contributed by atoms with Gasteiger partial charge in [-0.1, -0.05) is 18.5 Å². The molecule has 0 spiro atoms. The maximum Gasteiger partial charge on any atom is 0.228 e. The normalized spacial score (nSPS) is 15.3. The number of rotatable bonds is 4. The molecule has 1 unspecified atom stereocenters. The topological polar surface area (TPSA) is 58.4 Å². The van der Waals surface area contributed by atoms with E-state index in [-0.39, 0.29) is 36.6 Å². The molecule has 1 aromatic rings. The Morgan fingerprint density at radius 3 is 2.64 bits per heavy atom. The first-order valence-electron chi connectivity index (χ1n) is 6.75. The third kappa shape index (κ3) is 5.70. The van der Waals surface area contributed by atoms with Crippen LogP contribution in [0, 0.1) is 5.92 Å². The van der Waals surface area contributed by atoms with Crippen LogP contribution in [0.1, 0.15) is 6.92 Å². The summed E-state index contributed by atoms with van der Waals surface area (Å²) in [6, 6.07) is 5.64. The quantitative estimate of drug-likeness (QED) is 0.834. The first-order chi connectivity index (χ1) is 9.61. The molecule has 0 bridgehead atoms. The summed E-state index contributed by atoms with van der Waals surface area (Å²) in [7, 11) is 0. The number of nitrogens with zero attached hydrogens (tertiary/aromatic N) is 1. The predicted octanol–water partition coefficient (Wildman–Crippen LogP) is 3.27. The minimum Gasteiger partial charge on any atom is -0.368 e. The Balaban J connectivity index is 0.00000220. The van der Waals surface area contributed by atoms with Gasteiger partial charge in [-0.25, -0.2) is 0 Å². The second-order valence-electron chi connectivity index (χ2n) is 4.89. The van der Waals surface area contributed by atoms with E-state index in [2.05, 4.69) is 10.2 Å². The molecule has 4 nitrogen and oxygen atoms in total. The van der Waals surface area contributed by atoms with Gasteiger partial charge in [0.25, 0.3) is 0 Å². The third-order valence-electron chi connectivity index (χ3n) is 3.37. The number of halogens is 3. The van der Waals surface area contributed by atoms with Gasteiger partial charge in [-0.2, -0.15) is 11.8 Å². The molecule has 1 amide bonds. The van der Waals surface area contributed by atoms with Crippen LogP contribution in [0.4, 0.5) is 11.4 Å². The average Bonchev–Trinajstić information content (AvgIpc) is 2.47. The highest BCUT2D eigenvalue weighted by Crippen LogP contribution is 2.31. The Bertz CT molecular complexity index is 484. The minimum atomic E-state index is -0.209. The predicted molar refractivity (Wildman–Crippen MR) is 102 cm³/mol. The van der Waals surface area contributed by atoms with Gasteiger partial charge in [-0.05, 0) is 18.2 Å². The Morgan fingerprint density at radius 2 is 2.05 bits per heavy atom. The van der Waals surface area contributed by atoms with Crippen LogP contribution in [-0.2, 0) is 4.79 Å². The van der Waals surface area contributed by atoms with Crippen LogP contribution in [0.2, 0.25) is 5.02 Å². The number of thioether (sulfide) groups is 1. The fraction of sp³-hybridized carbons (Fsp3) is 0.500. The zero-order valence-corrected chi connectivity index (χ0v) is 15.6. The number of benzene rings is 1. The fourth-order valence-electron chi connectivity index (χ4n) is 2.05. The molecule has 1 aromatic carbocycles. The number of hydrogen-bond donors (Lipinski definition) is 2. The largest absolute Gasteiger partial charge is 0.368 e. The molecule has 1 aliphatic rings. The van der Waals surface area contributed by atoms with Crippen molar-refractivity contribution in [2.45, 2.75) is 6.92 Å². The number of hydrogen-bond acceptors (Lipinski definition) is 4. The maximum absolute atomic E-state index is 12.0. The van der Waals surface area contributed by atoms with E-state index in [0.717, 1.165) is 36.0 Å². The van der Waals surface area contributed by atoms with Gasteiger partial charge < -0.3 is 16.0 Å². The monoisotopic (exact) mass is 385 g/mol. The number of carbonyl (C=O) groups is 1. The zero-order valence-electron chi connectivity index (χ0n) is 12.4. The SMILES string of the molecule is CC(CN)C(=O)Nc1cc(Cl)ccc1N1CCSCC1.Cl.Cl. The first kappa shape index (κ1) is 21.7. The lowest BCUT2D eigenvalue weighted by Crippen LogP contribution is -2.34. The Labute approximate surface area is 153 Å². The van der Waals surface area contributed by atoms with Crippen molar-refractivity contribution in [3.8, 4) is 0 Å². The number of carbonyl (C=O) groups excluding carboxylic acids is 1. The molecule has 1 heterocycles. The highest BCUT2D eigenvalue weighted by molar-refractivity contribution is 7.99. The van der Waals surface area contributed by atoms with Gasteiger partial charge in [-0.15, -0.1) is 24.8 Å². The van der Waals surface area contributed by atoms with Crippen LogP contribution in [0.25, 0.3) is 0 Å². The Hall–Kier alpha value is -0.330. The summed E-state index contributed by atoms with van der Waals surface area (Å²) in [5.74, 6) is 1.94. The van der Waals surface area contributed by atoms with Crippen molar-refractivity contribution in [3.05, 3.63) is 23.2 Å². The molecule has 0 aliphatic carbocycles. The molecule has 22 heavy (non-hydrogen) atoms. The number of nitrogens with one attached hydrogen (secondary N) is 1. The second kappa shape index (κ2) is 10.4. The van der Waals surface area contributed by atoms with Crippen LogP contribution in [0.5, 0.6) is 0 Å². The van der Waals surface area contributed by atoms with E-state index in [1.54, 1.807) is 6.07 Å². The molecule has 2 rings (SSSR count). The van der Waals surface area contributed by atoms with Crippen molar-refractivity contribution in [1.82, 2.24) is 0 Å². The molecule has 0 radical (unpaired) electrons. The van der Waals surface area contributed by atoms with Crippen molar-refractivity contribution in [2.75, 3.05) is 41.4 Å². The van der Waals surface area contributed by atoms with Gasteiger partial charge >= 0.3 is 0 Å². The molecule has 1 fully saturated rings. The van der Waals surface area contributed by atoms with Gasteiger partial charge in [0.1, 0.15) is 0 Å². The molecule has 3 N–H and O–H groups in total. The van der Waals surface area contributed by atoms with Crippen molar-refractivity contribution < 1.29 is 4.79 Å². The lowest BCUT2D eigenvalue weighted by atomic mass is 10.1. The highest BCUT2D eigenvalue weighted by Gasteiger charge is 2.18. The third-order valence-corrected chi connectivity index (χ3v) is 4.55. The van der Waals surface area contributed by atoms with Crippen LogP contribution < -0.4 is 16.0 Å². The standard InChI is InChI=1S/C14H20ClN3OS.2ClH/c1-10(9-16)14(19)17-12-8-11(15)2-3-13(12)18-4-6-20-7-5-18;;/h2-3,8,10H,4-7,9,16H2,1H3,(H,17,19);2*1H. The van der Waals surface area contributed by atoms with Crippen LogP contribution in [-0.4, -0.2) is 37.0 Å². The van der Waals surface area contributed by atoms with Crippen LogP contribution in [0.3, 0.4) is 0 Å². The van der Waals surface area contributed by atoms with Crippen LogP contribution >= 0.6 is 48.2 Å². The van der Waals surface area contributed by atoms with Gasteiger partial charge in [0, 0.05) is 42.1 Å². The van der Waals surface area contributed by atoms with E-state index in [4.69, 9.17) is 17.3 Å². The summed E-state index contributed by atoms with van der Waals surface area (Å²) in [6.45, 7) is 4.13. The van der Waals surface area contributed by atoms with Gasteiger partial charge in [-0.3, -0.25) is 4.79 Å². The number of amides is 1. The molecular formula is C14H22Cl3N3OS. The maximum atomic E-state index is 12.0. The summed E-state index contributed by atoms with van der Waals surface area (Å²) < 4.78 is 0. The van der Waals surface area contributed by atoms with E-state index in [9.17, 15) is 4.79 Å². The summed E-state index contributed by atoms with van der Waals surface area (Å²) in [4.78, 5) is 14.3. The van der Waals surface area contributed by atoms with Crippen molar-refractivity contribution >= 4 is 65.5 Å². The molecule has 126 valence electrons. The molecular weight excluding hydrogens is 365 g/mol. The van der Waals surface area contributed by atoms with E-state index < -0.39 is 0 Å². The molecule has 1 aliphatic heterocycles. The van der Waals surface area contributed by atoms with Crippen molar-refractivity contribution in [2.24, 2.45) is 11.7 Å². The minimum absolute atomic E-state index is 0. The van der Waals surface area contributed by atoms with Crippen LogP contribution in [0.15, 0.2) is 18.2 Å². The number of nitrogens with two attached hydrogens (primary N) is 1. The smallest absolute Gasteiger partial charge is 0.228 e. The van der Waals surface area contributed by atoms with E-state index in [0.29, 0.717) is 11.6 Å². The van der Waals surface area contributed by atoms with Gasteiger partial charge in [0.05, 0.1) is 11.4 Å². The Morgan fingerprint density at radius 1 is 1.41 bits per heavy atom.